The molecular weight excluding hydrogens is 250 g/mol. The van der Waals surface area contributed by atoms with Crippen LogP contribution in [0, 0.1) is 0 Å². The number of ether oxygens (including phenoxy) is 1. The molecule has 0 saturated carbocycles. The van der Waals surface area contributed by atoms with Crippen molar-refractivity contribution in [1.82, 2.24) is 9.97 Å². The van der Waals surface area contributed by atoms with E-state index in [0.717, 1.165) is 22.6 Å². The van der Waals surface area contributed by atoms with E-state index >= 15 is 0 Å². The maximum absolute atomic E-state index is 5.77. The van der Waals surface area contributed by atoms with E-state index < -0.39 is 0 Å². The minimum atomic E-state index is 0.667. The van der Waals surface area contributed by atoms with Crippen LogP contribution in [0.5, 0.6) is 5.75 Å². The smallest absolute Gasteiger partial charge is 0.141 e. The number of hydrogen-bond acceptors (Lipinski definition) is 3. The number of rotatable bonds is 3. The highest BCUT2D eigenvalue weighted by atomic mass is 16.5. The SMILES string of the molecule is COc1cc(N)ccc1-c1ncc(-c2ccccc2)[nH]1. The maximum atomic E-state index is 5.77. The molecule has 0 unspecified atom stereocenters. The Morgan fingerprint density at radius 1 is 1.10 bits per heavy atom. The van der Waals surface area contributed by atoms with Crippen molar-refractivity contribution in [3.05, 3.63) is 54.7 Å². The molecule has 0 radical (unpaired) electrons. The van der Waals surface area contributed by atoms with Gasteiger partial charge in [0.25, 0.3) is 0 Å². The molecule has 0 saturated heterocycles. The number of H-pyrrole nitrogens is 1. The number of imidazole rings is 1. The first-order chi connectivity index (χ1) is 9.78. The molecule has 0 spiro atoms. The minimum absolute atomic E-state index is 0.667. The van der Waals surface area contributed by atoms with Crippen molar-refractivity contribution in [3.8, 4) is 28.4 Å². The number of nitrogen functional groups attached to an aromatic ring is 1. The summed E-state index contributed by atoms with van der Waals surface area (Å²) in [6, 6.07) is 15.6. The fraction of sp³-hybridized carbons (Fsp3) is 0.0625. The van der Waals surface area contributed by atoms with Crippen molar-refractivity contribution in [2.45, 2.75) is 0 Å². The van der Waals surface area contributed by atoms with Crippen LogP contribution in [-0.2, 0) is 0 Å². The lowest BCUT2D eigenvalue weighted by Gasteiger charge is -2.07. The molecular formula is C16H15N3O. The fourth-order valence-electron chi connectivity index (χ4n) is 2.13. The first-order valence-corrected chi connectivity index (χ1v) is 6.32. The maximum Gasteiger partial charge on any atom is 0.141 e. The van der Waals surface area contributed by atoms with Crippen molar-refractivity contribution < 1.29 is 4.74 Å². The lowest BCUT2D eigenvalue weighted by molar-refractivity contribution is 0.416. The molecule has 0 aliphatic carbocycles. The van der Waals surface area contributed by atoms with Crippen LogP contribution < -0.4 is 10.5 Å². The van der Waals surface area contributed by atoms with Crippen molar-refractivity contribution in [1.29, 1.82) is 0 Å². The number of nitrogens with zero attached hydrogens (tertiary/aromatic N) is 1. The summed E-state index contributed by atoms with van der Waals surface area (Å²) in [7, 11) is 1.62. The summed E-state index contributed by atoms with van der Waals surface area (Å²) in [4.78, 5) is 7.73. The van der Waals surface area contributed by atoms with Gasteiger partial charge in [-0.25, -0.2) is 4.98 Å². The molecule has 0 amide bonds. The molecule has 0 aliphatic heterocycles. The average Bonchev–Trinajstić information content (AvgIpc) is 2.97. The highest BCUT2D eigenvalue weighted by Crippen LogP contribution is 2.31. The van der Waals surface area contributed by atoms with Crippen LogP contribution in [0.3, 0.4) is 0 Å². The number of hydrogen-bond donors (Lipinski definition) is 2. The Labute approximate surface area is 117 Å². The molecule has 1 aromatic heterocycles. The van der Waals surface area contributed by atoms with E-state index in [1.165, 1.54) is 0 Å². The van der Waals surface area contributed by atoms with Gasteiger partial charge in [0, 0.05) is 11.8 Å². The quantitative estimate of drug-likeness (QED) is 0.714. The molecule has 0 bridgehead atoms. The van der Waals surface area contributed by atoms with E-state index in [9.17, 15) is 0 Å². The number of nitrogens with two attached hydrogens (primary N) is 1. The zero-order chi connectivity index (χ0) is 13.9. The van der Waals surface area contributed by atoms with Crippen molar-refractivity contribution in [2.75, 3.05) is 12.8 Å². The number of aromatic amines is 1. The number of methoxy groups -OCH3 is 1. The molecule has 0 fully saturated rings. The van der Waals surface area contributed by atoms with Gasteiger partial charge >= 0.3 is 0 Å². The van der Waals surface area contributed by atoms with Crippen molar-refractivity contribution in [2.24, 2.45) is 0 Å². The molecule has 100 valence electrons. The Hall–Kier alpha value is -2.75. The van der Waals surface area contributed by atoms with Gasteiger partial charge in [-0.15, -0.1) is 0 Å². The van der Waals surface area contributed by atoms with Gasteiger partial charge in [0.1, 0.15) is 11.6 Å². The van der Waals surface area contributed by atoms with E-state index in [2.05, 4.69) is 9.97 Å². The summed E-state index contributed by atoms with van der Waals surface area (Å²) in [6.07, 6.45) is 1.82. The molecule has 1 heterocycles. The van der Waals surface area contributed by atoms with Crippen molar-refractivity contribution >= 4 is 5.69 Å². The van der Waals surface area contributed by atoms with Gasteiger partial charge in [0.2, 0.25) is 0 Å². The Bertz CT molecular complexity index is 720. The van der Waals surface area contributed by atoms with E-state index in [1.807, 2.05) is 48.7 Å². The largest absolute Gasteiger partial charge is 0.496 e. The standard InChI is InChI=1S/C16H15N3O/c1-20-15-9-12(17)7-8-13(15)16-18-10-14(19-16)11-5-3-2-4-6-11/h2-10H,17H2,1H3,(H,18,19). The average molecular weight is 265 g/mol. The first kappa shape index (κ1) is 12.3. The monoisotopic (exact) mass is 265 g/mol. The molecule has 4 heteroatoms. The van der Waals surface area contributed by atoms with Gasteiger partial charge in [-0.2, -0.15) is 0 Å². The predicted octanol–water partition coefficient (Wildman–Crippen LogP) is 3.33. The predicted molar refractivity (Wildman–Crippen MR) is 80.4 cm³/mol. The summed E-state index contributed by atoms with van der Waals surface area (Å²) < 4.78 is 5.36. The summed E-state index contributed by atoms with van der Waals surface area (Å²) in [5, 5.41) is 0. The van der Waals surface area contributed by atoms with Gasteiger partial charge in [-0.05, 0) is 17.7 Å². The highest BCUT2D eigenvalue weighted by Gasteiger charge is 2.10. The van der Waals surface area contributed by atoms with Crippen LogP contribution in [0.1, 0.15) is 0 Å². The van der Waals surface area contributed by atoms with Gasteiger partial charge in [-0.1, -0.05) is 30.3 Å². The first-order valence-electron chi connectivity index (χ1n) is 6.32. The highest BCUT2D eigenvalue weighted by molar-refractivity contribution is 5.70. The Kier molecular flexibility index (Phi) is 3.13. The van der Waals surface area contributed by atoms with Crippen molar-refractivity contribution in [3.63, 3.8) is 0 Å². The van der Waals surface area contributed by atoms with Crippen LogP contribution in [0.4, 0.5) is 5.69 Å². The normalized spacial score (nSPS) is 10.4. The topological polar surface area (TPSA) is 63.9 Å². The van der Waals surface area contributed by atoms with Crippen LogP contribution in [0.2, 0.25) is 0 Å². The van der Waals surface area contributed by atoms with Crippen LogP contribution in [0.15, 0.2) is 54.7 Å². The number of benzene rings is 2. The molecule has 0 aliphatic rings. The number of nitrogens with one attached hydrogen (secondary N) is 1. The van der Waals surface area contributed by atoms with Gasteiger partial charge in [0.05, 0.1) is 24.6 Å². The molecule has 3 N–H and O–H groups in total. The summed E-state index contributed by atoms with van der Waals surface area (Å²) in [5.41, 5.74) is 9.40. The third-order valence-electron chi connectivity index (χ3n) is 3.14. The fourth-order valence-corrected chi connectivity index (χ4v) is 2.13. The molecule has 3 aromatic rings. The molecule has 20 heavy (non-hydrogen) atoms. The van der Waals surface area contributed by atoms with Crippen LogP contribution >= 0.6 is 0 Å². The molecule has 0 atom stereocenters. The second-order valence-electron chi connectivity index (χ2n) is 4.47. The lowest BCUT2D eigenvalue weighted by Crippen LogP contribution is -1.92. The summed E-state index contributed by atoms with van der Waals surface area (Å²) in [6.45, 7) is 0. The third-order valence-corrected chi connectivity index (χ3v) is 3.14. The van der Waals surface area contributed by atoms with E-state index in [4.69, 9.17) is 10.5 Å². The second-order valence-corrected chi connectivity index (χ2v) is 4.47. The Morgan fingerprint density at radius 3 is 2.65 bits per heavy atom. The van der Waals surface area contributed by atoms with E-state index in [-0.39, 0.29) is 0 Å². The Morgan fingerprint density at radius 2 is 1.90 bits per heavy atom. The molecule has 4 nitrogen and oxygen atoms in total. The van der Waals surface area contributed by atoms with Crippen LogP contribution in [0.25, 0.3) is 22.6 Å². The number of anilines is 1. The van der Waals surface area contributed by atoms with Gasteiger partial charge in [-0.3, -0.25) is 0 Å². The third kappa shape index (κ3) is 2.23. The number of aromatic nitrogens is 2. The molecule has 3 rings (SSSR count). The second kappa shape index (κ2) is 5.09. The Balaban J connectivity index is 2.02. The summed E-state index contributed by atoms with van der Waals surface area (Å²) in [5.74, 6) is 1.47. The van der Waals surface area contributed by atoms with Gasteiger partial charge < -0.3 is 15.5 Å². The van der Waals surface area contributed by atoms with Crippen LogP contribution in [-0.4, -0.2) is 17.1 Å². The zero-order valence-electron chi connectivity index (χ0n) is 11.1. The molecule has 2 aromatic carbocycles. The lowest BCUT2D eigenvalue weighted by atomic mass is 10.1. The minimum Gasteiger partial charge on any atom is -0.496 e. The van der Waals surface area contributed by atoms with E-state index in [0.29, 0.717) is 11.4 Å². The zero-order valence-corrected chi connectivity index (χ0v) is 11.1. The van der Waals surface area contributed by atoms with E-state index in [1.54, 1.807) is 13.2 Å². The summed E-state index contributed by atoms with van der Waals surface area (Å²) >= 11 is 0. The van der Waals surface area contributed by atoms with Gasteiger partial charge in [0.15, 0.2) is 0 Å².